The van der Waals surface area contributed by atoms with Crippen LogP contribution in [-0.4, -0.2) is 29.4 Å². The Labute approximate surface area is 184 Å². The topological polar surface area (TPSA) is 67.6 Å². The summed E-state index contributed by atoms with van der Waals surface area (Å²) in [6.45, 7) is 2.77. The molecule has 5 rings (SSSR count). The average molecular weight is 434 g/mol. The van der Waals surface area contributed by atoms with Gasteiger partial charge in [0.15, 0.2) is 5.13 Å². The zero-order valence-corrected chi connectivity index (χ0v) is 18.1. The Hall–Kier alpha value is -3.16. The van der Waals surface area contributed by atoms with E-state index in [1.807, 2.05) is 24.3 Å². The molecule has 1 aliphatic heterocycles. The molecule has 7 heteroatoms. The zero-order chi connectivity index (χ0) is 21.2. The summed E-state index contributed by atoms with van der Waals surface area (Å²) in [6, 6.07) is 16.1. The van der Waals surface area contributed by atoms with Gasteiger partial charge in [0.25, 0.3) is 0 Å². The maximum absolute atomic E-state index is 12.6. The molecule has 0 saturated carbocycles. The van der Waals surface area contributed by atoms with E-state index in [1.165, 1.54) is 10.4 Å². The van der Waals surface area contributed by atoms with Gasteiger partial charge >= 0.3 is 0 Å². The fraction of sp³-hybridized carbons (Fsp3) is 0.250. The van der Waals surface area contributed by atoms with E-state index in [0.717, 1.165) is 48.4 Å². The summed E-state index contributed by atoms with van der Waals surface area (Å²) in [5.41, 5.74) is 3.98. The summed E-state index contributed by atoms with van der Waals surface area (Å²) >= 11 is 1.57. The summed E-state index contributed by atoms with van der Waals surface area (Å²) in [6.07, 6.45) is 2.78. The number of furan rings is 1. The van der Waals surface area contributed by atoms with Crippen LogP contribution in [0.25, 0.3) is 11.0 Å². The maximum atomic E-state index is 12.6. The van der Waals surface area contributed by atoms with Crippen LogP contribution in [0.5, 0.6) is 5.75 Å². The van der Waals surface area contributed by atoms with Crippen molar-refractivity contribution in [2.75, 3.05) is 19.0 Å². The molecule has 31 heavy (non-hydrogen) atoms. The Morgan fingerprint density at radius 3 is 2.97 bits per heavy atom. The van der Waals surface area contributed by atoms with Crippen LogP contribution in [0.15, 0.2) is 59.2 Å². The lowest BCUT2D eigenvalue weighted by Crippen LogP contribution is -2.29. The van der Waals surface area contributed by atoms with Crippen LogP contribution < -0.4 is 10.1 Å². The molecule has 1 N–H and O–H groups in total. The number of nitrogens with zero attached hydrogens (tertiary/aromatic N) is 2. The monoisotopic (exact) mass is 433 g/mol. The summed E-state index contributed by atoms with van der Waals surface area (Å²) in [4.78, 5) is 21.0. The average Bonchev–Trinajstić information content (AvgIpc) is 3.37. The molecule has 1 amide bonds. The molecule has 0 unspecified atom stereocenters. The highest BCUT2D eigenvalue weighted by Crippen LogP contribution is 2.30. The van der Waals surface area contributed by atoms with Gasteiger partial charge in [-0.2, -0.15) is 0 Å². The van der Waals surface area contributed by atoms with Crippen LogP contribution in [0, 0.1) is 0 Å². The number of amides is 1. The molecule has 6 nitrogen and oxygen atoms in total. The molecule has 0 spiro atoms. The molecule has 2 aromatic carbocycles. The first-order valence-electron chi connectivity index (χ1n) is 10.3. The van der Waals surface area contributed by atoms with Crippen molar-refractivity contribution in [3.63, 3.8) is 0 Å². The van der Waals surface area contributed by atoms with Gasteiger partial charge in [0, 0.05) is 47.9 Å². The third-order valence-electron chi connectivity index (χ3n) is 5.52. The maximum Gasteiger partial charge on any atom is 0.230 e. The Bertz CT molecular complexity index is 1220. The Balaban J connectivity index is 1.23. The minimum Gasteiger partial charge on any atom is -0.497 e. The molecule has 158 valence electrons. The molecule has 3 heterocycles. The Morgan fingerprint density at radius 1 is 1.26 bits per heavy atom. The predicted molar refractivity (Wildman–Crippen MR) is 121 cm³/mol. The minimum atomic E-state index is -0.0919. The second-order valence-electron chi connectivity index (χ2n) is 7.68. The van der Waals surface area contributed by atoms with Gasteiger partial charge in [-0.25, -0.2) is 4.98 Å². The van der Waals surface area contributed by atoms with E-state index in [4.69, 9.17) is 9.15 Å². The summed E-state index contributed by atoms with van der Waals surface area (Å²) in [5, 5.41) is 4.57. The van der Waals surface area contributed by atoms with Gasteiger partial charge in [-0.3, -0.25) is 9.69 Å². The highest BCUT2D eigenvalue weighted by molar-refractivity contribution is 7.15. The lowest BCUT2D eigenvalue weighted by molar-refractivity contribution is -0.115. The highest BCUT2D eigenvalue weighted by Gasteiger charge is 2.22. The van der Waals surface area contributed by atoms with E-state index in [0.29, 0.717) is 10.7 Å². The van der Waals surface area contributed by atoms with E-state index in [-0.39, 0.29) is 12.3 Å². The van der Waals surface area contributed by atoms with E-state index in [9.17, 15) is 4.79 Å². The molecule has 0 radical (unpaired) electrons. The number of ether oxygens (including phenoxy) is 1. The van der Waals surface area contributed by atoms with Gasteiger partial charge in [-0.05, 0) is 17.7 Å². The van der Waals surface area contributed by atoms with Gasteiger partial charge in [-0.1, -0.05) is 30.3 Å². The number of benzene rings is 2. The molecular formula is C24H23N3O3S. The van der Waals surface area contributed by atoms with Crippen LogP contribution in [0.3, 0.4) is 0 Å². The van der Waals surface area contributed by atoms with Crippen LogP contribution in [-0.2, 0) is 30.7 Å². The Kier molecular flexibility index (Phi) is 5.44. The van der Waals surface area contributed by atoms with Crippen molar-refractivity contribution in [3.05, 3.63) is 76.5 Å². The number of fused-ring (bicyclic) bond motifs is 2. The fourth-order valence-corrected chi connectivity index (χ4v) is 5.01. The second-order valence-corrected chi connectivity index (χ2v) is 8.77. The predicted octanol–water partition coefficient (Wildman–Crippen LogP) is 4.64. The molecular weight excluding hydrogens is 410 g/mol. The van der Waals surface area contributed by atoms with E-state index < -0.39 is 0 Å². The quantitative estimate of drug-likeness (QED) is 0.480. The van der Waals surface area contributed by atoms with Crippen LogP contribution in [0.2, 0.25) is 0 Å². The van der Waals surface area contributed by atoms with Gasteiger partial charge in [-0.15, -0.1) is 11.3 Å². The molecule has 0 atom stereocenters. The standard InChI is InChI=1S/C24H23N3O3S/c1-29-18-7-8-19-17(15-30-21(19)12-18)11-23(28)26-24-25-20-9-10-27(14-22(20)31-24)13-16-5-3-2-4-6-16/h2-8,12,15H,9-11,13-14H2,1H3,(H,25,26,28). The van der Waals surface area contributed by atoms with Crippen LogP contribution >= 0.6 is 11.3 Å². The normalized spacial score (nSPS) is 13.8. The largest absolute Gasteiger partial charge is 0.497 e. The first-order valence-corrected chi connectivity index (χ1v) is 11.1. The van der Waals surface area contributed by atoms with Crippen LogP contribution in [0.4, 0.5) is 5.13 Å². The SMILES string of the molecule is COc1ccc2c(CC(=O)Nc3nc4c(s3)CN(Cc3ccccc3)CC4)coc2c1. The van der Waals surface area contributed by atoms with E-state index >= 15 is 0 Å². The second kappa shape index (κ2) is 8.53. The molecule has 0 fully saturated rings. The van der Waals surface area contributed by atoms with Crippen molar-refractivity contribution in [3.8, 4) is 5.75 Å². The van der Waals surface area contributed by atoms with Gasteiger partial charge in [0.1, 0.15) is 11.3 Å². The third kappa shape index (κ3) is 4.33. The van der Waals surface area contributed by atoms with Crippen molar-refractivity contribution in [1.29, 1.82) is 0 Å². The number of rotatable bonds is 6. The molecule has 2 aromatic heterocycles. The number of thiazole rings is 1. The zero-order valence-electron chi connectivity index (χ0n) is 17.3. The molecule has 1 aliphatic rings. The summed E-state index contributed by atoms with van der Waals surface area (Å²) in [5.74, 6) is 0.637. The molecule has 0 aliphatic carbocycles. The minimum absolute atomic E-state index is 0.0919. The fourth-order valence-electron chi connectivity index (χ4n) is 3.94. The highest BCUT2D eigenvalue weighted by atomic mass is 32.1. The van der Waals surface area contributed by atoms with Crippen molar-refractivity contribution < 1.29 is 13.9 Å². The van der Waals surface area contributed by atoms with Gasteiger partial charge in [0.2, 0.25) is 5.91 Å². The van der Waals surface area contributed by atoms with E-state index in [1.54, 1.807) is 24.7 Å². The number of hydrogen-bond donors (Lipinski definition) is 1. The number of hydrogen-bond acceptors (Lipinski definition) is 6. The van der Waals surface area contributed by atoms with Gasteiger partial charge < -0.3 is 14.5 Å². The first kappa shape index (κ1) is 19.8. The smallest absolute Gasteiger partial charge is 0.230 e. The number of carbonyl (C=O) groups excluding carboxylic acids is 1. The molecule has 0 saturated heterocycles. The number of aromatic nitrogens is 1. The number of methoxy groups -OCH3 is 1. The first-order chi connectivity index (χ1) is 15.2. The van der Waals surface area contributed by atoms with Crippen LogP contribution in [0.1, 0.15) is 21.7 Å². The molecule has 0 bridgehead atoms. The van der Waals surface area contributed by atoms with E-state index in [2.05, 4.69) is 39.5 Å². The molecule has 4 aromatic rings. The van der Waals surface area contributed by atoms with Crippen molar-refractivity contribution in [1.82, 2.24) is 9.88 Å². The third-order valence-corrected chi connectivity index (χ3v) is 6.52. The lowest BCUT2D eigenvalue weighted by Gasteiger charge is -2.25. The number of nitrogens with one attached hydrogen (secondary N) is 1. The van der Waals surface area contributed by atoms with Gasteiger partial charge in [0.05, 0.1) is 25.5 Å². The Morgan fingerprint density at radius 2 is 2.13 bits per heavy atom. The van der Waals surface area contributed by atoms with Crippen molar-refractivity contribution >= 4 is 33.3 Å². The summed E-state index contributed by atoms with van der Waals surface area (Å²) < 4.78 is 10.8. The van der Waals surface area contributed by atoms with Crippen molar-refractivity contribution in [2.45, 2.75) is 25.9 Å². The lowest BCUT2D eigenvalue weighted by atomic mass is 10.1. The number of anilines is 1. The number of carbonyl (C=O) groups is 1. The summed E-state index contributed by atoms with van der Waals surface area (Å²) in [7, 11) is 1.62. The van der Waals surface area contributed by atoms with Crippen molar-refractivity contribution in [2.24, 2.45) is 0 Å².